The first-order valence-corrected chi connectivity index (χ1v) is 6.55. The highest BCUT2D eigenvalue weighted by Crippen LogP contribution is 2.34. The Morgan fingerprint density at radius 3 is 2.48 bits per heavy atom. The van der Waals surface area contributed by atoms with Gasteiger partial charge in [-0.3, -0.25) is 10.1 Å². The van der Waals surface area contributed by atoms with E-state index in [1.54, 1.807) is 12.1 Å². The lowest BCUT2D eigenvalue weighted by atomic mass is 10.0. The maximum Gasteiger partial charge on any atom is 0.270 e. The van der Waals surface area contributed by atoms with Gasteiger partial charge in [0.1, 0.15) is 0 Å². The van der Waals surface area contributed by atoms with Gasteiger partial charge < -0.3 is 4.98 Å². The molecule has 0 fully saturated rings. The third kappa shape index (κ3) is 2.62. The summed E-state index contributed by atoms with van der Waals surface area (Å²) in [7, 11) is 0. The number of nitrogens with zero attached hydrogens (tertiary/aromatic N) is 1. The van der Waals surface area contributed by atoms with E-state index in [9.17, 15) is 10.1 Å². The normalized spacial score (nSPS) is 10.3. The van der Waals surface area contributed by atoms with Gasteiger partial charge in [0.2, 0.25) is 0 Å². The molecular weight excluding hydrogens is 288 g/mol. The van der Waals surface area contributed by atoms with Crippen LogP contribution < -0.4 is 0 Å². The first kappa shape index (κ1) is 15.1. The summed E-state index contributed by atoms with van der Waals surface area (Å²) in [6, 6.07) is 14.9. The molecule has 0 radical (unpaired) electrons. The fourth-order valence-corrected chi connectivity index (χ4v) is 2.55. The van der Waals surface area contributed by atoms with Gasteiger partial charge in [-0.05, 0) is 18.1 Å². The Balaban J connectivity index is 0.00000161. The molecule has 0 bridgehead atoms. The van der Waals surface area contributed by atoms with Crippen LogP contribution in [0, 0.1) is 10.1 Å². The number of nitro benzene ring substituents is 1. The number of aromatic nitrogens is 1. The van der Waals surface area contributed by atoms with E-state index in [-0.39, 0.29) is 23.0 Å². The molecule has 0 saturated carbocycles. The molecular formula is C16H15ClN2O2. The van der Waals surface area contributed by atoms with Gasteiger partial charge >= 0.3 is 0 Å². The molecule has 1 heterocycles. The summed E-state index contributed by atoms with van der Waals surface area (Å²) in [5, 5.41) is 11.9. The van der Waals surface area contributed by atoms with Crippen molar-refractivity contribution in [2.24, 2.45) is 0 Å². The van der Waals surface area contributed by atoms with E-state index in [2.05, 4.69) is 11.9 Å². The molecule has 0 aliphatic rings. The zero-order chi connectivity index (χ0) is 14.1. The molecule has 1 aromatic heterocycles. The lowest BCUT2D eigenvalue weighted by molar-refractivity contribution is -0.384. The number of nitro groups is 1. The van der Waals surface area contributed by atoms with Crippen LogP contribution in [-0.2, 0) is 6.42 Å². The topological polar surface area (TPSA) is 58.9 Å². The van der Waals surface area contributed by atoms with Crippen LogP contribution in [0.25, 0.3) is 22.0 Å². The second-order valence-electron chi connectivity index (χ2n) is 4.69. The van der Waals surface area contributed by atoms with E-state index in [1.807, 2.05) is 30.3 Å². The molecule has 0 saturated heterocycles. The highest BCUT2D eigenvalue weighted by atomic mass is 35.5. The van der Waals surface area contributed by atoms with Crippen LogP contribution in [0.2, 0.25) is 0 Å². The van der Waals surface area contributed by atoms with E-state index < -0.39 is 0 Å². The largest absolute Gasteiger partial charge is 0.358 e. The minimum Gasteiger partial charge on any atom is -0.358 e. The van der Waals surface area contributed by atoms with E-state index in [0.717, 1.165) is 34.1 Å². The van der Waals surface area contributed by atoms with Crippen LogP contribution >= 0.6 is 12.4 Å². The van der Waals surface area contributed by atoms with Crippen LogP contribution in [0.1, 0.15) is 12.6 Å². The summed E-state index contributed by atoms with van der Waals surface area (Å²) < 4.78 is 0. The molecule has 5 heteroatoms. The molecule has 108 valence electrons. The van der Waals surface area contributed by atoms with Crippen molar-refractivity contribution in [1.82, 2.24) is 4.98 Å². The van der Waals surface area contributed by atoms with Crippen LogP contribution in [0.3, 0.4) is 0 Å². The van der Waals surface area contributed by atoms with E-state index >= 15 is 0 Å². The van der Waals surface area contributed by atoms with Crippen molar-refractivity contribution in [3.63, 3.8) is 0 Å². The van der Waals surface area contributed by atoms with Crippen LogP contribution in [-0.4, -0.2) is 9.91 Å². The summed E-state index contributed by atoms with van der Waals surface area (Å²) in [6.07, 6.45) is 0.854. The number of hydrogen-bond donors (Lipinski definition) is 1. The molecule has 0 atom stereocenters. The van der Waals surface area contributed by atoms with Gasteiger partial charge in [0.15, 0.2) is 0 Å². The van der Waals surface area contributed by atoms with Crippen LogP contribution in [0.15, 0.2) is 48.5 Å². The van der Waals surface area contributed by atoms with E-state index in [0.29, 0.717) is 0 Å². The standard InChI is InChI=1S/C16H14N2O2.ClH/c1-2-14-16(11-6-4-3-5-7-11)13-10-12(18(19)20)8-9-15(13)17-14;/h3-10,17H,2H2,1H3;1H. The van der Waals surface area contributed by atoms with Crippen molar-refractivity contribution in [2.45, 2.75) is 13.3 Å². The Bertz CT molecular complexity index is 782. The highest BCUT2D eigenvalue weighted by Gasteiger charge is 2.15. The monoisotopic (exact) mass is 302 g/mol. The average Bonchev–Trinajstić information content (AvgIpc) is 2.85. The summed E-state index contributed by atoms with van der Waals surface area (Å²) in [5.41, 5.74) is 4.30. The van der Waals surface area contributed by atoms with Crippen LogP contribution in [0.5, 0.6) is 0 Å². The Morgan fingerprint density at radius 2 is 1.86 bits per heavy atom. The van der Waals surface area contributed by atoms with Crippen molar-refractivity contribution < 1.29 is 4.92 Å². The molecule has 3 rings (SSSR count). The Labute approximate surface area is 128 Å². The average molecular weight is 303 g/mol. The second kappa shape index (κ2) is 5.97. The van der Waals surface area contributed by atoms with Crippen molar-refractivity contribution in [2.75, 3.05) is 0 Å². The maximum atomic E-state index is 11.0. The summed E-state index contributed by atoms with van der Waals surface area (Å²) in [5.74, 6) is 0. The number of aromatic amines is 1. The van der Waals surface area contributed by atoms with Gasteiger partial charge in [-0.25, -0.2) is 0 Å². The number of rotatable bonds is 3. The second-order valence-corrected chi connectivity index (χ2v) is 4.69. The number of benzene rings is 2. The zero-order valence-corrected chi connectivity index (χ0v) is 12.3. The lowest BCUT2D eigenvalue weighted by Gasteiger charge is -2.03. The van der Waals surface area contributed by atoms with E-state index in [4.69, 9.17) is 0 Å². The fraction of sp³-hybridized carbons (Fsp3) is 0.125. The van der Waals surface area contributed by atoms with Gasteiger partial charge in [-0.15, -0.1) is 12.4 Å². The molecule has 4 nitrogen and oxygen atoms in total. The van der Waals surface area contributed by atoms with Gasteiger partial charge in [0.05, 0.1) is 4.92 Å². The summed E-state index contributed by atoms with van der Waals surface area (Å²) >= 11 is 0. The summed E-state index contributed by atoms with van der Waals surface area (Å²) in [6.45, 7) is 2.07. The fourth-order valence-electron chi connectivity index (χ4n) is 2.55. The number of aryl methyl sites for hydroxylation is 1. The zero-order valence-electron chi connectivity index (χ0n) is 11.5. The molecule has 0 aliphatic heterocycles. The van der Waals surface area contributed by atoms with Gasteiger partial charge in [-0.2, -0.15) is 0 Å². The van der Waals surface area contributed by atoms with Crippen molar-refractivity contribution in [3.05, 3.63) is 64.3 Å². The quantitative estimate of drug-likeness (QED) is 0.562. The predicted molar refractivity (Wildman–Crippen MR) is 87.0 cm³/mol. The summed E-state index contributed by atoms with van der Waals surface area (Å²) in [4.78, 5) is 14.0. The van der Waals surface area contributed by atoms with E-state index in [1.165, 1.54) is 6.07 Å². The number of fused-ring (bicyclic) bond motifs is 1. The predicted octanol–water partition coefficient (Wildman–Crippen LogP) is 4.73. The SMILES string of the molecule is CCc1[nH]c2ccc([N+](=O)[O-])cc2c1-c1ccccc1.Cl. The smallest absolute Gasteiger partial charge is 0.270 e. The third-order valence-corrected chi connectivity index (χ3v) is 3.49. The Hall–Kier alpha value is -2.33. The van der Waals surface area contributed by atoms with Gasteiger partial charge in [0, 0.05) is 34.3 Å². The Kier molecular flexibility index (Phi) is 4.29. The molecule has 1 N–H and O–H groups in total. The molecule has 2 aromatic carbocycles. The van der Waals surface area contributed by atoms with Gasteiger partial charge in [-0.1, -0.05) is 37.3 Å². The number of non-ortho nitro benzene ring substituents is 1. The molecule has 0 amide bonds. The molecule has 0 spiro atoms. The first-order valence-electron chi connectivity index (χ1n) is 6.55. The first-order chi connectivity index (χ1) is 9.70. The number of halogens is 1. The van der Waals surface area contributed by atoms with Gasteiger partial charge in [0.25, 0.3) is 5.69 Å². The lowest BCUT2D eigenvalue weighted by Crippen LogP contribution is -1.87. The number of nitrogens with one attached hydrogen (secondary N) is 1. The number of hydrogen-bond acceptors (Lipinski definition) is 2. The van der Waals surface area contributed by atoms with Crippen molar-refractivity contribution in [3.8, 4) is 11.1 Å². The molecule has 3 aromatic rings. The minimum atomic E-state index is -0.354. The molecule has 0 unspecified atom stereocenters. The molecule has 0 aliphatic carbocycles. The van der Waals surface area contributed by atoms with Crippen LogP contribution in [0.4, 0.5) is 5.69 Å². The third-order valence-electron chi connectivity index (χ3n) is 3.49. The minimum absolute atomic E-state index is 0. The Morgan fingerprint density at radius 1 is 1.14 bits per heavy atom. The highest BCUT2D eigenvalue weighted by molar-refractivity contribution is 5.98. The number of H-pyrrole nitrogens is 1. The maximum absolute atomic E-state index is 11.0. The van der Waals surface area contributed by atoms with Crippen molar-refractivity contribution >= 4 is 29.0 Å². The van der Waals surface area contributed by atoms with Crippen molar-refractivity contribution in [1.29, 1.82) is 0 Å². The molecule has 21 heavy (non-hydrogen) atoms.